The quantitative estimate of drug-likeness (QED) is 0.556. The number of rotatable bonds is 0. The molecule has 21 heavy (non-hydrogen) atoms. The van der Waals surface area contributed by atoms with Gasteiger partial charge in [-0.25, -0.2) is 0 Å². The molecule has 0 aromatic heterocycles. The molecule has 0 aromatic rings. The molecule has 0 bridgehead atoms. The Bertz CT molecular complexity index is 181. The van der Waals surface area contributed by atoms with Crippen LogP contribution in [0.15, 0.2) is 0 Å². The van der Waals surface area contributed by atoms with Gasteiger partial charge in [-0.2, -0.15) is 0 Å². The van der Waals surface area contributed by atoms with Gasteiger partial charge in [-0.3, -0.25) is 4.90 Å². The van der Waals surface area contributed by atoms with E-state index in [9.17, 15) is 0 Å². The highest BCUT2D eigenvalue weighted by Gasteiger charge is 2.30. The summed E-state index contributed by atoms with van der Waals surface area (Å²) in [6.07, 6.45) is 1.40. The van der Waals surface area contributed by atoms with Crippen molar-refractivity contribution in [3.05, 3.63) is 0 Å². The summed E-state index contributed by atoms with van der Waals surface area (Å²) in [6.45, 7) is 26.2. The lowest BCUT2D eigenvalue weighted by molar-refractivity contribution is -0.0821. The topological polar surface area (TPSA) is 12.5 Å². The maximum Gasteiger partial charge on any atom is 0.0521 e. The maximum atomic E-state index is 5.06. The van der Waals surface area contributed by atoms with Crippen molar-refractivity contribution in [2.45, 2.75) is 88.6 Å². The summed E-state index contributed by atoms with van der Waals surface area (Å²) in [5.41, 5.74) is 0.899. The van der Waals surface area contributed by atoms with Crippen molar-refractivity contribution < 1.29 is 4.74 Å². The van der Waals surface area contributed by atoms with Crippen LogP contribution in [0.1, 0.15) is 83.1 Å². The second kappa shape index (κ2) is 12.5. The number of ether oxygens (including phenoxy) is 1. The Morgan fingerprint density at radius 3 is 1.19 bits per heavy atom. The van der Waals surface area contributed by atoms with Crippen molar-refractivity contribution in [1.29, 1.82) is 0 Å². The van der Waals surface area contributed by atoms with Crippen LogP contribution in [0.2, 0.25) is 0 Å². The fraction of sp³-hybridized carbons (Fsp3) is 1.00. The van der Waals surface area contributed by atoms with Crippen LogP contribution in [-0.2, 0) is 4.74 Å². The van der Waals surface area contributed by atoms with Gasteiger partial charge in [0.15, 0.2) is 0 Å². The first-order valence-electron chi connectivity index (χ1n) is 8.54. The maximum absolute atomic E-state index is 5.06. The van der Waals surface area contributed by atoms with Gasteiger partial charge in [0.1, 0.15) is 0 Å². The van der Waals surface area contributed by atoms with Crippen LogP contribution in [0.3, 0.4) is 0 Å². The molecule has 2 aliphatic heterocycles. The lowest BCUT2D eigenvalue weighted by Gasteiger charge is -2.42. The average molecular weight is 304 g/mol. The van der Waals surface area contributed by atoms with Gasteiger partial charge < -0.3 is 4.74 Å². The molecule has 2 aliphatic rings. The summed E-state index contributed by atoms with van der Waals surface area (Å²) >= 11 is 0. The summed E-state index contributed by atoms with van der Waals surface area (Å²) in [4.78, 5) is 2.49. The molecular formula is C19H45NO. The molecule has 2 rings (SSSR count). The zero-order chi connectivity index (χ0) is 16.4. The molecule has 0 radical (unpaired) electrons. The Balaban J connectivity index is -0.000000240. The van der Waals surface area contributed by atoms with E-state index in [-0.39, 0.29) is 7.43 Å². The average Bonchev–Trinajstić information content (AvgIpc) is 2.14. The normalized spacial score (nSPS) is 18.0. The fourth-order valence-electron chi connectivity index (χ4n) is 1.72. The smallest absolute Gasteiger partial charge is 0.0521 e. The van der Waals surface area contributed by atoms with Gasteiger partial charge in [-0.05, 0) is 45.7 Å². The van der Waals surface area contributed by atoms with Crippen molar-refractivity contribution in [3.63, 3.8) is 0 Å². The lowest BCUT2D eigenvalue weighted by atomic mass is 9.80. The van der Waals surface area contributed by atoms with Crippen LogP contribution in [0.5, 0.6) is 0 Å². The van der Waals surface area contributed by atoms with Crippen molar-refractivity contribution in [2.24, 2.45) is 11.3 Å². The summed E-state index contributed by atoms with van der Waals surface area (Å²) < 4.78 is 5.06. The van der Waals surface area contributed by atoms with Gasteiger partial charge in [-0.1, -0.05) is 55.9 Å². The summed E-state index contributed by atoms with van der Waals surface area (Å²) in [6, 6.07) is 0. The van der Waals surface area contributed by atoms with Gasteiger partial charge in [0.05, 0.1) is 13.2 Å². The molecule has 0 aromatic carbocycles. The van der Waals surface area contributed by atoms with E-state index in [0.29, 0.717) is 11.0 Å². The Morgan fingerprint density at radius 1 is 0.810 bits per heavy atom. The van der Waals surface area contributed by atoms with Gasteiger partial charge in [-0.15, -0.1) is 0 Å². The number of hydrogen-bond acceptors (Lipinski definition) is 2. The first-order valence-corrected chi connectivity index (χ1v) is 8.54. The molecule has 0 unspecified atom stereocenters. The van der Waals surface area contributed by atoms with E-state index in [2.05, 4.69) is 46.4 Å². The van der Waals surface area contributed by atoms with Crippen LogP contribution in [-0.4, -0.2) is 36.7 Å². The predicted octanol–water partition coefficient (Wildman–Crippen LogP) is 5.86. The first kappa shape index (κ1) is 25.9. The van der Waals surface area contributed by atoms with E-state index >= 15 is 0 Å². The third-order valence-corrected chi connectivity index (χ3v) is 3.67. The Morgan fingerprint density at radius 2 is 1.19 bits per heavy atom. The van der Waals surface area contributed by atoms with Crippen LogP contribution >= 0.6 is 0 Å². The van der Waals surface area contributed by atoms with Crippen LogP contribution in [0.4, 0.5) is 0 Å². The van der Waals surface area contributed by atoms with Gasteiger partial charge in [0.25, 0.3) is 0 Å². The van der Waals surface area contributed by atoms with Crippen LogP contribution in [0, 0.1) is 11.3 Å². The van der Waals surface area contributed by atoms with Crippen molar-refractivity contribution >= 4 is 0 Å². The molecule has 0 spiro atoms. The molecule has 2 saturated heterocycles. The Hall–Kier alpha value is -0.0800. The van der Waals surface area contributed by atoms with Crippen LogP contribution in [0.25, 0.3) is 0 Å². The van der Waals surface area contributed by atoms with E-state index < -0.39 is 0 Å². The summed E-state index contributed by atoms with van der Waals surface area (Å²) in [7, 11) is 0. The van der Waals surface area contributed by atoms with E-state index in [1.165, 1.54) is 19.5 Å². The van der Waals surface area contributed by atoms with Crippen molar-refractivity contribution in [2.75, 3.05) is 26.3 Å². The van der Waals surface area contributed by atoms with E-state index in [1.54, 1.807) is 0 Å². The molecule has 2 fully saturated rings. The highest BCUT2D eigenvalue weighted by molar-refractivity contribution is 4.81. The zero-order valence-electron chi connectivity index (χ0n) is 16.0. The minimum absolute atomic E-state index is 0. The third kappa shape index (κ3) is 11.2. The molecule has 0 N–H and O–H groups in total. The Kier molecular flexibility index (Phi) is 15.3. The molecular weight excluding hydrogens is 258 g/mol. The highest BCUT2D eigenvalue weighted by atomic mass is 16.5. The van der Waals surface area contributed by atoms with Crippen molar-refractivity contribution in [1.82, 2.24) is 4.90 Å². The molecule has 132 valence electrons. The van der Waals surface area contributed by atoms with E-state index in [0.717, 1.165) is 19.1 Å². The van der Waals surface area contributed by atoms with E-state index in [4.69, 9.17) is 4.74 Å². The molecule has 0 amide bonds. The zero-order valence-corrected chi connectivity index (χ0v) is 16.0. The number of likely N-dealkylation sites (tertiary alicyclic amines) is 1. The summed E-state index contributed by atoms with van der Waals surface area (Å²) in [5, 5.41) is 0. The van der Waals surface area contributed by atoms with Gasteiger partial charge in [0.2, 0.25) is 0 Å². The summed E-state index contributed by atoms with van der Waals surface area (Å²) in [5.74, 6) is 0.808. The standard InChI is InChI=1S/C7H15N.C7H14O.2C2H6.CH4/c1-7(2,3)8-5-4-6-8;1-7(2,3)6-4-8-5-6;2*1-2;/h4-6H2,1-3H3;6H,4-5H2,1-3H3;2*1-2H3;1H4. The second-order valence-corrected chi connectivity index (χ2v) is 7.11. The SMILES string of the molecule is C.CC.CC.CC(C)(C)C1COC1.CC(C)(C)N1CCC1. The fourth-order valence-corrected chi connectivity index (χ4v) is 1.72. The number of nitrogens with zero attached hydrogens (tertiary/aromatic N) is 1. The van der Waals surface area contributed by atoms with Crippen molar-refractivity contribution in [3.8, 4) is 0 Å². The minimum Gasteiger partial charge on any atom is -0.381 e. The lowest BCUT2D eigenvalue weighted by Crippen LogP contribution is -2.49. The molecule has 0 saturated carbocycles. The largest absolute Gasteiger partial charge is 0.381 e. The van der Waals surface area contributed by atoms with Crippen LogP contribution < -0.4 is 0 Å². The Labute approximate surface area is 136 Å². The first-order chi connectivity index (χ1) is 9.21. The van der Waals surface area contributed by atoms with E-state index in [1.807, 2.05) is 27.7 Å². The second-order valence-electron chi connectivity index (χ2n) is 7.11. The number of hydrogen-bond donors (Lipinski definition) is 0. The monoisotopic (exact) mass is 303 g/mol. The molecule has 2 nitrogen and oxygen atoms in total. The van der Waals surface area contributed by atoms with Gasteiger partial charge >= 0.3 is 0 Å². The predicted molar refractivity (Wildman–Crippen MR) is 99.1 cm³/mol. The molecule has 0 atom stereocenters. The highest BCUT2D eigenvalue weighted by Crippen LogP contribution is 2.31. The molecule has 0 aliphatic carbocycles. The molecule has 2 heterocycles. The molecule has 2 heteroatoms. The third-order valence-electron chi connectivity index (χ3n) is 3.67. The minimum atomic E-state index is 0. The van der Waals surface area contributed by atoms with Gasteiger partial charge in [0, 0.05) is 11.5 Å².